The van der Waals surface area contributed by atoms with Gasteiger partial charge in [-0.15, -0.1) is 0 Å². The van der Waals surface area contributed by atoms with E-state index in [2.05, 4.69) is 36.2 Å². The summed E-state index contributed by atoms with van der Waals surface area (Å²) in [5, 5.41) is 0. The fraction of sp³-hybridized carbons (Fsp3) is 0.400. The lowest BCUT2D eigenvalue weighted by molar-refractivity contribution is 0.620. The Kier molecular flexibility index (Phi) is 4.15. The van der Waals surface area contributed by atoms with Gasteiger partial charge >= 0.3 is 0 Å². The molecule has 3 heteroatoms. The van der Waals surface area contributed by atoms with E-state index >= 15 is 0 Å². The molecule has 1 unspecified atom stereocenters. The van der Waals surface area contributed by atoms with Crippen LogP contribution >= 0.6 is 0 Å². The zero-order valence-corrected chi connectivity index (χ0v) is 11.1. The summed E-state index contributed by atoms with van der Waals surface area (Å²) < 4.78 is 2.05. The third kappa shape index (κ3) is 2.99. The number of aromatic nitrogens is 2. The SMILES string of the molecule is CCc1ccc(C(N)CCc2nccn2C)cc1. The summed E-state index contributed by atoms with van der Waals surface area (Å²) in [4.78, 5) is 4.32. The van der Waals surface area contributed by atoms with Crippen LogP contribution < -0.4 is 5.73 Å². The lowest BCUT2D eigenvalue weighted by Gasteiger charge is -2.12. The van der Waals surface area contributed by atoms with Crippen molar-refractivity contribution in [1.82, 2.24) is 9.55 Å². The van der Waals surface area contributed by atoms with Gasteiger partial charge in [-0.2, -0.15) is 0 Å². The van der Waals surface area contributed by atoms with Gasteiger partial charge in [-0.3, -0.25) is 0 Å². The first-order chi connectivity index (χ1) is 8.70. The molecule has 0 aliphatic carbocycles. The van der Waals surface area contributed by atoms with Crippen molar-refractivity contribution in [3.8, 4) is 0 Å². The second-order valence-electron chi connectivity index (χ2n) is 4.69. The maximum Gasteiger partial charge on any atom is 0.108 e. The highest BCUT2D eigenvalue weighted by molar-refractivity contribution is 5.24. The molecule has 0 amide bonds. The number of benzene rings is 1. The minimum atomic E-state index is 0.0904. The van der Waals surface area contributed by atoms with Crippen LogP contribution in [0.2, 0.25) is 0 Å². The number of hydrogen-bond acceptors (Lipinski definition) is 2. The van der Waals surface area contributed by atoms with Crippen molar-refractivity contribution in [3.05, 3.63) is 53.6 Å². The van der Waals surface area contributed by atoms with Gasteiger partial charge in [-0.25, -0.2) is 4.98 Å². The topological polar surface area (TPSA) is 43.8 Å². The van der Waals surface area contributed by atoms with Crippen molar-refractivity contribution in [2.75, 3.05) is 0 Å². The monoisotopic (exact) mass is 243 g/mol. The van der Waals surface area contributed by atoms with Crippen LogP contribution in [0, 0.1) is 0 Å². The smallest absolute Gasteiger partial charge is 0.108 e. The van der Waals surface area contributed by atoms with Crippen LogP contribution in [0.3, 0.4) is 0 Å². The minimum absolute atomic E-state index is 0.0904. The highest BCUT2D eigenvalue weighted by Crippen LogP contribution is 2.17. The van der Waals surface area contributed by atoms with Gasteiger partial charge in [0.15, 0.2) is 0 Å². The molecule has 0 aliphatic heterocycles. The van der Waals surface area contributed by atoms with Gasteiger partial charge in [0.1, 0.15) is 5.82 Å². The van der Waals surface area contributed by atoms with E-state index in [0.29, 0.717) is 0 Å². The highest BCUT2D eigenvalue weighted by Gasteiger charge is 2.08. The minimum Gasteiger partial charge on any atom is -0.338 e. The molecule has 3 nitrogen and oxygen atoms in total. The van der Waals surface area contributed by atoms with Crippen LogP contribution in [0.15, 0.2) is 36.7 Å². The van der Waals surface area contributed by atoms with E-state index in [9.17, 15) is 0 Å². The average molecular weight is 243 g/mol. The molecule has 0 spiro atoms. The summed E-state index contributed by atoms with van der Waals surface area (Å²) in [6, 6.07) is 8.70. The largest absolute Gasteiger partial charge is 0.338 e. The number of aryl methyl sites for hydroxylation is 3. The van der Waals surface area contributed by atoms with Crippen molar-refractivity contribution in [2.24, 2.45) is 12.8 Å². The molecule has 2 rings (SSSR count). The summed E-state index contributed by atoms with van der Waals surface area (Å²) in [5.74, 6) is 1.09. The number of nitrogens with zero attached hydrogens (tertiary/aromatic N) is 2. The Bertz CT molecular complexity index is 485. The Labute approximate surface area is 109 Å². The van der Waals surface area contributed by atoms with Crippen molar-refractivity contribution >= 4 is 0 Å². The lowest BCUT2D eigenvalue weighted by atomic mass is 10.0. The van der Waals surface area contributed by atoms with Crippen molar-refractivity contribution in [3.63, 3.8) is 0 Å². The molecule has 1 heterocycles. The molecule has 0 bridgehead atoms. The van der Waals surface area contributed by atoms with Gasteiger partial charge in [0.25, 0.3) is 0 Å². The molecule has 18 heavy (non-hydrogen) atoms. The van der Waals surface area contributed by atoms with Crippen LogP contribution in [0.1, 0.15) is 36.3 Å². The Hall–Kier alpha value is -1.61. The van der Waals surface area contributed by atoms with E-state index < -0.39 is 0 Å². The predicted octanol–water partition coefficient (Wildman–Crippen LogP) is 2.62. The summed E-state index contributed by atoms with van der Waals surface area (Å²) in [5.41, 5.74) is 8.78. The Morgan fingerprint density at radius 1 is 1.28 bits per heavy atom. The normalized spacial score (nSPS) is 12.6. The molecule has 2 aromatic rings. The van der Waals surface area contributed by atoms with Gasteiger partial charge in [-0.05, 0) is 24.0 Å². The van der Waals surface area contributed by atoms with E-state index in [1.165, 1.54) is 11.1 Å². The standard InChI is InChI=1S/C15H21N3/c1-3-12-4-6-13(7-5-12)14(16)8-9-15-17-10-11-18(15)2/h4-7,10-11,14H,3,8-9,16H2,1-2H3. The van der Waals surface area contributed by atoms with E-state index in [-0.39, 0.29) is 6.04 Å². The number of imidazole rings is 1. The first-order valence-electron chi connectivity index (χ1n) is 6.51. The second kappa shape index (κ2) is 5.83. The molecule has 96 valence electrons. The number of nitrogens with two attached hydrogens (primary N) is 1. The maximum absolute atomic E-state index is 6.22. The summed E-state index contributed by atoms with van der Waals surface area (Å²) in [6.07, 6.45) is 6.72. The number of hydrogen-bond donors (Lipinski definition) is 1. The quantitative estimate of drug-likeness (QED) is 0.877. The van der Waals surface area contributed by atoms with Gasteiger partial charge in [0.2, 0.25) is 0 Å². The molecule has 0 saturated heterocycles. The van der Waals surface area contributed by atoms with Crippen molar-refractivity contribution < 1.29 is 0 Å². The summed E-state index contributed by atoms with van der Waals surface area (Å²) in [7, 11) is 2.02. The van der Waals surface area contributed by atoms with E-state index in [0.717, 1.165) is 25.1 Å². The molecule has 1 aromatic carbocycles. The van der Waals surface area contributed by atoms with E-state index in [1.807, 2.05) is 24.0 Å². The second-order valence-corrected chi connectivity index (χ2v) is 4.69. The fourth-order valence-electron chi connectivity index (χ4n) is 2.09. The predicted molar refractivity (Wildman–Crippen MR) is 74.3 cm³/mol. The molecule has 0 saturated carbocycles. The Morgan fingerprint density at radius 3 is 2.56 bits per heavy atom. The molecule has 2 N–H and O–H groups in total. The summed E-state index contributed by atoms with van der Waals surface area (Å²) >= 11 is 0. The lowest BCUT2D eigenvalue weighted by Crippen LogP contribution is -2.12. The zero-order chi connectivity index (χ0) is 13.0. The fourth-order valence-corrected chi connectivity index (χ4v) is 2.09. The first-order valence-corrected chi connectivity index (χ1v) is 6.51. The van der Waals surface area contributed by atoms with E-state index in [4.69, 9.17) is 5.73 Å². The van der Waals surface area contributed by atoms with Crippen LogP contribution in [-0.2, 0) is 19.9 Å². The van der Waals surface area contributed by atoms with Gasteiger partial charge < -0.3 is 10.3 Å². The third-order valence-corrected chi connectivity index (χ3v) is 3.42. The molecule has 1 aromatic heterocycles. The number of rotatable bonds is 5. The summed E-state index contributed by atoms with van der Waals surface area (Å²) in [6.45, 7) is 2.16. The third-order valence-electron chi connectivity index (χ3n) is 3.42. The van der Waals surface area contributed by atoms with E-state index in [1.54, 1.807) is 0 Å². The molecule has 1 atom stereocenters. The van der Waals surface area contributed by atoms with Crippen LogP contribution in [-0.4, -0.2) is 9.55 Å². The van der Waals surface area contributed by atoms with Crippen LogP contribution in [0.4, 0.5) is 0 Å². The molecular weight excluding hydrogens is 222 g/mol. The van der Waals surface area contributed by atoms with Gasteiger partial charge in [-0.1, -0.05) is 31.2 Å². The zero-order valence-electron chi connectivity index (χ0n) is 11.1. The highest BCUT2D eigenvalue weighted by atomic mass is 15.0. The molecule has 0 radical (unpaired) electrons. The van der Waals surface area contributed by atoms with Crippen molar-refractivity contribution in [2.45, 2.75) is 32.2 Å². The molecule has 0 aliphatic rings. The first kappa shape index (κ1) is 12.8. The average Bonchev–Trinajstić information content (AvgIpc) is 2.81. The van der Waals surface area contributed by atoms with Crippen LogP contribution in [0.25, 0.3) is 0 Å². The van der Waals surface area contributed by atoms with Gasteiger partial charge in [0.05, 0.1) is 0 Å². The Morgan fingerprint density at radius 2 is 2.00 bits per heavy atom. The maximum atomic E-state index is 6.22. The van der Waals surface area contributed by atoms with Crippen LogP contribution in [0.5, 0.6) is 0 Å². The molecule has 0 fully saturated rings. The van der Waals surface area contributed by atoms with Gasteiger partial charge in [0, 0.05) is 31.9 Å². The Balaban J connectivity index is 1.94. The molecular formula is C15H21N3. The van der Waals surface area contributed by atoms with Crippen molar-refractivity contribution in [1.29, 1.82) is 0 Å².